The second-order valence-corrected chi connectivity index (χ2v) is 5.13. The molecule has 112 valence electrons. The molecule has 0 aliphatic carbocycles. The van der Waals surface area contributed by atoms with Crippen molar-refractivity contribution in [3.05, 3.63) is 46.3 Å². The Hall–Kier alpha value is -2.34. The van der Waals surface area contributed by atoms with Gasteiger partial charge in [-0.2, -0.15) is 0 Å². The summed E-state index contributed by atoms with van der Waals surface area (Å²) in [5, 5.41) is 6.84. The Morgan fingerprint density at radius 2 is 2.05 bits per heavy atom. The molecule has 0 bridgehead atoms. The van der Waals surface area contributed by atoms with Crippen LogP contribution in [0.1, 0.15) is 45.9 Å². The van der Waals surface area contributed by atoms with Crippen LogP contribution in [0.15, 0.2) is 22.7 Å². The summed E-state index contributed by atoms with van der Waals surface area (Å²) in [6.45, 7) is 7.52. The minimum atomic E-state index is -0.199. The molecule has 6 nitrogen and oxygen atoms in total. The van der Waals surface area contributed by atoms with Gasteiger partial charge in [-0.05, 0) is 45.4 Å². The first-order valence-electron chi connectivity index (χ1n) is 6.75. The van der Waals surface area contributed by atoms with Gasteiger partial charge in [-0.15, -0.1) is 0 Å². The van der Waals surface area contributed by atoms with Gasteiger partial charge in [0.15, 0.2) is 0 Å². The lowest BCUT2D eigenvalue weighted by atomic mass is 10.1. The highest BCUT2D eigenvalue weighted by molar-refractivity contribution is 5.99. The number of amides is 1. The number of carbonyl (C=O) groups excluding carboxylic acids is 1. The maximum absolute atomic E-state index is 12.4. The summed E-state index contributed by atoms with van der Waals surface area (Å²) in [5.74, 6) is 5.99. The first kappa shape index (κ1) is 15.1. The standard InChI is InChI=1S/C15H20N4O2/c1-8-5-6-12(13(7-8)18-16)15(20)17-9(2)14-10(3)19-21-11(14)4/h5-7,9,18H,16H2,1-4H3,(H,17,20). The number of nitrogens with zero attached hydrogens (tertiary/aromatic N) is 1. The second-order valence-electron chi connectivity index (χ2n) is 5.13. The minimum absolute atomic E-state index is 0.198. The van der Waals surface area contributed by atoms with Gasteiger partial charge in [0.1, 0.15) is 5.76 Å². The van der Waals surface area contributed by atoms with Gasteiger partial charge >= 0.3 is 0 Å². The molecule has 1 unspecified atom stereocenters. The van der Waals surface area contributed by atoms with E-state index in [9.17, 15) is 4.79 Å². The van der Waals surface area contributed by atoms with Crippen molar-refractivity contribution in [2.75, 3.05) is 5.43 Å². The zero-order valence-electron chi connectivity index (χ0n) is 12.7. The highest BCUT2D eigenvalue weighted by Gasteiger charge is 2.20. The number of nitrogen functional groups attached to an aromatic ring is 1. The average Bonchev–Trinajstić information content (AvgIpc) is 2.77. The first-order chi connectivity index (χ1) is 9.93. The number of anilines is 1. The Labute approximate surface area is 123 Å². The van der Waals surface area contributed by atoms with Crippen LogP contribution in [0, 0.1) is 20.8 Å². The highest BCUT2D eigenvalue weighted by Crippen LogP contribution is 2.22. The van der Waals surface area contributed by atoms with Crippen LogP contribution < -0.4 is 16.6 Å². The Morgan fingerprint density at radius 1 is 1.33 bits per heavy atom. The van der Waals surface area contributed by atoms with E-state index in [1.165, 1.54) is 0 Å². The van der Waals surface area contributed by atoms with Crippen molar-refractivity contribution in [3.63, 3.8) is 0 Å². The lowest BCUT2D eigenvalue weighted by molar-refractivity contribution is 0.0940. The summed E-state index contributed by atoms with van der Waals surface area (Å²) in [7, 11) is 0. The maximum atomic E-state index is 12.4. The molecule has 0 fully saturated rings. The molecule has 0 aliphatic rings. The number of rotatable bonds is 4. The largest absolute Gasteiger partial charge is 0.361 e. The average molecular weight is 288 g/mol. The molecule has 1 aromatic carbocycles. The third-order valence-electron chi connectivity index (χ3n) is 3.44. The normalized spacial score (nSPS) is 12.0. The number of hydrogen-bond acceptors (Lipinski definition) is 5. The van der Waals surface area contributed by atoms with Gasteiger partial charge in [0.25, 0.3) is 5.91 Å². The monoisotopic (exact) mass is 288 g/mol. The quantitative estimate of drug-likeness (QED) is 0.593. The Morgan fingerprint density at radius 3 is 2.62 bits per heavy atom. The van der Waals surface area contributed by atoms with Crippen molar-refractivity contribution in [2.24, 2.45) is 5.84 Å². The van der Waals surface area contributed by atoms with E-state index in [2.05, 4.69) is 15.9 Å². The van der Waals surface area contributed by atoms with E-state index in [0.717, 1.165) is 16.8 Å². The molecule has 0 aliphatic heterocycles. The third-order valence-corrected chi connectivity index (χ3v) is 3.44. The van der Waals surface area contributed by atoms with Crippen LogP contribution in [-0.4, -0.2) is 11.1 Å². The van der Waals surface area contributed by atoms with Crippen molar-refractivity contribution < 1.29 is 9.32 Å². The van der Waals surface area contributed by atoms with Crippen molar-refractivity contribution in [1.29, 1.82) is 0 Å². The fourth-order valence-corrected chi connectivity index (χ4v) is 2.43. The molecular weight excluding hydrogens is 268 g/mol. The van der Waals surface area contributed by atoms with Crippen LogP contribution in [0.4, 0.5) is 5.69 Å². The van der Waals surface area contributed by atoms with Crippen LogP contribution >= 0.6 is 0 Å². The number of hydrazine groups is 1. The van der Waals surface area contributed by atoms with E-state index in [4.69, 9.17) is 10.4 Å². The number of nitrogens with one attached hydrogen (secondary N) is 2. The summed E-state index contributed by atoms with van der Waals surface area (Å²) >= 11 is 0. The topological polar surface area (TPSA) is 93.2 Å². The number of hydrogen-bond donors (Lipinski definition) is 3. The summed E-state index contributed by atoms with van der Waals surface area (Å²) in [5.41, 5.74) is 6.36. The fraction of sp³-hybridized carbons (Fsp3) is 0.333. The van der Waals surface area contributed by atoms with Crippen molar-refractivity contribution >= 4 is 11.6 Å². The number of nitrogens with two attached hydrogens (primary N) is 1. The van der Waals surface area contributed by atoms with Crippen molar-refractivity contribution in [2.45, 2.75) is 33.7 Å². The molecule has 0 saturated heterocycles. The lowest BCUT2D eigenvalue weighted by Crippen LogP contribution is -2.28. The molecular formula is C15H20N4O2. The van der Waals surface area contributed by atoms with Crippen LogP contribution in [0.25, 0.3) is 0 Å². The minimum Gasteiger partial charge on any atom is -0.361 e. The molecule has 1 atom stereocenters. The molecule has 1 heterocycles. The third kappa shape index (κ3) is 3.05. The van der Waals surface area contributed by atoms with E-state index < -0.39 is 0 Å². The van der Waals surface area contributed by atoms with Crippen molar-refractivity contribution in [3.8, 4) is 0 Å². The van der Waals surface area contributed by atoms with E-state index in [1.54, 1.807) is 6.07 Å². The van der Waals surface area contributed by atoms with Gasteiger partial charge in [-0.1, -0.05) is 11.2 Å². The molecule has 2 aromatic rings. The summed E-state index contributed by atoms with van der Waals surface area (Å²) < 4.78 is 5.13. The summed E-state index contributed by atoms with van der Waals surface area (Å²) in [6.07, 6.45) is 0. The molecule has 2 rings (SSSR count). The number of benzene rings is 1. The molecule has 6 heteroatoms. The smallest absolute Gasteiger partial charge is 0.253 e. The molecule has 1 aromatic heterocycles. The second kappa shape index (κ2) is 5.97. The van der Waals surface area contributed by atoms with E-state index in [1.807, 2.05) is 39.8 Å². The van der Waals surface area contributed by atoms with Crippen LogP contribution in [0.3, 0.4) is 0 Å². The van der Waals surface area contributed by atoms with Gasteiger partial charge in [0.05, 0.1) is 23.0 Å². The van der Waals surface area contributed by atoms with Gasteiger partial charge in [0, 0.05) is 5.56 Å². The summed E-state index contributed by atoms with van der Waals surface area (Å²) in [4.78, 5) is 12.4. The molecule has 21 heavy (non-hydrogen) atoms. The van der Waals surface area contributed by atoms with E-state index in [-0.39, 0.29) is 11.9 Å². The van der Waals surface area contributed by atoms with Crippen molar-refractivity contribution in [1.82, 2.24) is 10.5 Å². The van der Waals surface area contributed by atoms with Gasteiger partial charge < -0.3 is 15.3 Å². The van der Waals surface area contributed by atoms with E-state index in [0.29, 0.717) is 17.0 Å². The molecule has 0 spiro atoms. The van der Waals surface area contributed by atoms with E-state index >= 15 is 0 Å². The van der Waals surface area contributed by atoms with Crippen LogP contribution in [-0.2, 0) is 0 Å². The van der Waals surface area contributed by atoms with Crippen LogP contribution in [0.5, 0.6) is 0 Å². The molecule has 0 saturated carbocycles. The highest BCUT2D eigenvalue weighted by atomic mass is 16.5. The predicted octanol–water partition coefficient (Wildman–Crippen LogP) is 2.38. The van der Waals surface area contributed by atoms with Gasteiger partial charge in [-0.3, -0.25) is 10.6 Å². The first-order valence-corrected chi connectivity index (χ1v) is 6.75. The summed E-state index contributed by atoms with van der Waals surface area (Å²) in [6, 6.07) is 5.25. The predicted molar refractivity (Wildman–Crippen MR) is 80.8 cm³/mol. The Balaban J connectivity index is 2.22. The molecule has 0 radical (unpaired) electrons. The lowest BCUT2D eigenvalue weighted by Gasteiger charge is -2.16. The Kier molecular flexibility index (Phi) is 4.28. The van der Waals surface area contributed by atoms with Gasteiger partial charge in [0.2, 0.25) is 0 Å². The number of carbonyl (C=O) groups is 1. The maximum Gasteiger partial charge on any atom is 0.253 e. The molecule has 4 N–H and O–H groups in total. The molecule has 1 amide bonds. The number of aromatic nitrogens is 1. The fourth-order valence-electron chi connectivity index (χ4n) is 2.43. The van der Waals surface area contributed by atoms with Crippen LogP contribution in [0.2, 0.25) is 0 Å². The number of aryl methyl sites for hydroxylation is 3. The zero-order chi connectivity index (χ0) is 15.6. The Bertz CT molecular complexity index is 644. The zero-order valence-corrected chi connectivity index (χ0v) is 12.7. The van der Waals surface area contributed by atoms with Gasteiger partial charge in [-0.25, -0.2) is 0 Å². The SMILES string of the molecule is Cc1ccc(C(=O)NC(C)c2c(C)noc2C)c(NN)c1.